The molecule has 1 aliphatic heterocycles. The van der Waals surface area contributed by atoms with Gasteiger partial charge in [-0.05, 0) is 36.8 Å². The van der Waals surface area contributed by atoms with E-state index in [4.69, 9.17) is 4.74 Å². The van der Waals surface area contributed by atoms with Gasteiger partial charge in [-0.15, -0.1) is 0 Å². The van der Waals surface area contributed by atoms with E-state index in [0.717, 1.165) is 21.9 Å². The molecule has 2 aromatic heterocycles. The Hall–Kier alpha value is -3.88. The number of nitrogens with one attached hydrogen (secondary N) is 2. The Labute approximate surface area is 201 Å². The van der Waals surface area contributed by atoms with Gasteiger partial charge in [0.15, 0.2) is 15.6 Å². The van der Waals surface area contributed by atoms with Gasteiger partial charge in [-0.3, -0.25) is 9.48 Å². The third-order valence-electron chi connectivity index (χ3n) is 6.30. The molecule has 35 heavy (non-hydrogen) atoms. The summed E-state index contributed by atoms with van der Waals surface area (Å²) in [5, 5.41) is 27.9. The molecular formula is C24H23N5O5S. The van der Waals surface area contributed by atoms with E-state index in [1.54, 1.807) is 35.3 Å². The Morgan fingerprint density at radius 2 is 2.17 bits per heavy atom. The summed E-state index contributed by atoms with van der Waals surface area (Å²) in [7, 11) is -3.50. The second kappa shape index (κ2) is 8.41. The third-order valence-corrected chi connectivity index (χ3v) is 7.47. The van der Waals surface area contributed by atoms with Crippen LogP contribution in [0.25, 0.3) is 21.8 Å². The van der Waals surface area contributed by atoms with Crippen molar-refractivity contribution in [1.82, 2.24) is 20.1 Å². The number of benzene rings is 2. The predicted molar refractivity (Wildman–Crippen MR) is 128 cm³/mol. The van der Waals surface area contributed by atoms with E-state index < -0.39 is 28.0 Å². The molecule has 0 saturated carbocycles. The molecule has 10 nitrogen and oxygen atoms in total. The number of aliphatic carboxylic acids is 1. The predicted octanol–water partition coefficient (Wildman–Crippen LogP) is 2.34. The molecule has 0 amide bonds. The van der Waals surface area contributed by atoms with Crippen LogP contribution in [0.5, 0.6) is 5.75 Å². The third kappa shape index (κ3) is 4.11. The minimum atomic E-state index is -3.50. The van der Waals surface area contributed by atoms with Gasteiger partial charge in [-0.25, -0.2) is 8.42 Å². The Morgan fingerprint density at radius 3 is 2.86 bits per heavy atom. The van der Waals surface area contributed by atoms with Crippen LogP contribution in [0, 0.1) is 18.3 Å². The summed E-state index contributed by atoms with van der Waals surface area (Å²) in [6, 6.07) is 8.33. The molecule has 1 fully saturated rings. The first-order valence-electron chi connectivity index (χ1n) is 11.0. The highest BCUT2D eigenvalue weighted by atomic mass is 32.2. The average Bonchev–Trinajstić information content (AvgIpc) is 3.54. The number of aromatic amines is 1. The van der Waals surface area contributed by atoms with Gasteiger partial charge in [-0.1, -0.05) is 0 Å². The Balaban J connectivity index is 1.57. The highest BCUT2D eigenvalue weighted by Gasteiger charge is 2.31. The van der Waals surface area contributed by atoms with Crippen LogP contribution in [0.3, 0.4) is 0 Å². The van der Waals surface area contributed by atoms with Crippen molar-refractivity contribution in [3.63, 3.8) is 0 Å². The van der Waals surface area contributed by atoms with Crippen LogP contribution in [0.4, 0.5) is 0 Å². The second-order valence-corrected chi connectivity index (χ2v) is 10.8. The number of carbonyl (C=O) groups is 1. The van der Waals surface area contributed by atoms with Gasteiger partial charge in [0, 0.05) is 53.5 Å². The molecule has 5 rings (SSSR count). The van der Waals surface area contributed by atoms with Crippen molar-refractivity contribution in [2.75, 3.05) is 12.8 Å². The summed E-state index contributed by atoms with van der Waals surface area (Å²) in [5.41, 5.74) is 3.07. The van der Waals surface area contributed by atoms with Gasteiger partial charge in [0.1, 0.15) is 23.7 Å². The number of aryl methyl sites for hydroxylation is 1. The van der Waals surface area contributed by atoms with Gasteiger partial charge in [-0.2, -0.15) is 10.4 Å². The summed E-state index contributed by atoms with van der Waals surface area (Å²) >= 11 is 0. The first-order chi connectivity index (χ1) is 16.7. The lowest BCUT2D eigenvalue weighted by Crippen LogP contribution is -2.30. The number of nitrogens with zero attached hydrogens (tertiary/aromatic N) is 3. The van der Waals surface area contributed by atoms with Crippen molar-refractivity contribution in [3.8, 4) is 11.8 Å². The van der Waals surface area contributed by atoms with E-state index in [2.05, 4.69) is 21.5 Å². The van der Waals surface area contributed by atoms with Gasteiger partial charge in [0.25, 0.3) is 0 Å². The molecule has 2 aromatic carbocycles. The van der Waals surface area contributed by atoms with E-state index in [1.165, 1.54) is 6.26 Å². The van der Waals surface area contributed by atoms with E-state index in [-0.39, 0.29) is 17.9 Å². The maximum Gasteiger partial charge on any atom is 0.320 e. The number of sulfone groups is 1. The fraction of sp³-hybridized carbons (Fsp3) is 0.292. The standard InChI is InChI=1S/C24H23N5O5S/c1-13-7-20(35(2,32)33)18(17-5-6-26-21(13)17)12-29-11-15-4-3-14(9-25)23(22(15)28-29)34-16-8-19(24(30)31)27-10-16/h3-7,11,16,19,26-27H,8,10,12H2,1-2H3,(H,30,31)/t16-,19+/m1/s1. The van der Waals surface area contributed by atoms with E-state index >= 15 is 0 Å². The maximum absolute atomic E-state index is 12.6. The molecule has 11 heteroatoms. The number of rotatable bonds is 6. The van der Waals surface area contributed by atoms with Crippen LogP contribution >= 0.6 is 0 Å². The monoisotopic (exact) mass is 493 g/mol. The fourth-order valence-electron chi connectivity index (χ4n) is 4.64. The molecule has 1 saturated heterocycles. The molecule has 0 spiro atoms. The summed E-state index contributed by atoms with van der Waals surface area (Å²) in [5.74, 6) is -0.657. The number of H-pyrrole nitrogens is 1. The smallest absolute Gasteiger partial charge is 0.320 e. The Bertz CT molecular complexity index is 1630. The Morgan fingerprint density at radius 1 is 1.37 bits per heavy atom. The first-order valence-corrected chi connectivity index (χ1v) is 12.9. The zero-order valence-electron chi connectivity index (χ0n) is 19.1. The van der Waals surface area contributed by atoms with Crippen LogP contribution in [-0.4, -0.2) is 59.2 Å². The number of carboxylic acids is 1. The van der Waals surface area contributed by atoms with Crippen LogP contribution in [0.1, 0.15) is 23.1 Å². The van der Waals surface area contributed by atoms with Crippen molar-refractivity contribution < 1.29 is 23.1 Å². The number of ether oxygens (including phenoxy) is 1. The topological polar surface area (TPSA) is 150 Å². The molecule has 0 radical (unpaired) electrons. The lowest BCUT2D eigenvalue weighted by molar-refractivity contribution is -0.139. The van der Waals surface area contributed by atoms with E-state index in [0.29, 0.717) is 28.9 Å². The number of fused-ring (bicyclic) bond motifs is 2. The molecule has 0 unspecified atom stereocenters. The number of hydrogen-bond acceptors (Lipinski definition) is 7. The van der Waals surface area contributed by atoms with E-state index in [1.807, 2.05) is 13.0 Å². The van der Waals surface area contributed by atoms with Gasteiger partial charge < -0.3 is 20.1 Å². The summed E-state index contributed by atoms with van der Waals surface area (Å²) in [6.45, 7) is 2.39. The molecule has 3 heterocycles. The molecule has 3 N–H and O–H groups in total. The lowest BCUT2D eigenvalue weighted by atomic mass is 10.1. The number of nitriles is 1. The first kappa shape index (κ1) is 22.9. The van der Waals surface area contributed by atoms with Crippen molar-refractivity contribution >= 4 is 37.6 Å². The maximum atomic E-state index is 12.6. The van der Waals surface area contributed by atoms with Crippen molar-refractivity contribution in [2.24, 2.45) is 0 Å². The van der Waals surface area contributed by atoms with Crippen LogP contribution in [0.2, 0.25) is 0 Å². The van der Waals surface area contributed by atoms with Gasteiger partial charge >= 0.3 is 5.97 Å². The molecule has 2 atom stereocenters. The van der Waals surface area contributed by atoms with Crippen molar-refractivity contribution in [1.29, 1.82) is 5.26 Å². The zero-order valence-corrected chi connectivity index (χ0v) is 19.9. The highest BCUT2D eigenvalue weighted by molar-refractivity contribution is 7.90. The summed E-state index contributed by atoms with van der Waals surface area (Å²) in [4.78, 5) is 14.7. The van der Waals surface area contributed by atoms with Crippen LogP contribution in [-0.2, 0) is 21.2 Å². The molecule has 0 bridgehead atoms. The number of hydrogen-bond donors (Lipinski definition) is 3. The SMILES string of the molecule is Cc1cc(S(C)(=O)=O)c(Cn2cc3ccc(C#N)c(O[C@H]4CN[C@H](C(=O)O)C4)c3n2)c2cc[nH]c12. The molecule has 4 aromatic rings. The average molecular weight is 494 g/mol. The Kier molecular flexibility index (Phi) is 5.50. The molecule has 1 aliphatic rings. The second-order valence-electron chi connectivity index (χ2n) is 8.80. The number of aromatic nitrogens is 3. The molecule has 0 aliphatic carbocycles. The number of carboxylic acid groups (broad SMARTS) is 1. The van der Waals surface area contributed by atoms with Gasteiger partial charge in [0.2, 0.25) is 0 Å². The largest absolute Gasteiger partial charge is 0.485 e. The summed E-state index contributed by atoms with van der Waals surface area (Å²) < 4.78 is 32.9. The zero-order chi connectivity index (χ0) is 24.9. The quantitative estimate of drug-likeness (QED) is 0.370. The van der Waals surface area contributed by atoms with E-state index in [9.17, 15) is 23.6 Å². The minimum absolute atomic E-state index is 0.194. The lowest BCUT2D eigenvalue weighted by Gasteiger charge is -2.14. The van der Waals surface area contributed by atoms with Crippen LogP contribution < -0.4 is 10.1 Å². The molecular weight excluding hydrogens is 470 g/mol. The van der Waals surface area contributed by atoms with Crippen molar-refractivity contribution in [2.45, 2.75) is 36.9 Å². The van der Waals surface area contributed by atoms with Crippen molar-refractivity contribution in [3.05, 3.63) is 53.3 Å². The van der Waals surface area contributed by atoms with Crippen LogP contribution in [0.15, 0.2) is 41.6 Å². The van der Waals surface area contributed by atoms with Gasteiger partial charge in [0.05, 0.1) is 17.0 Å². The molecule has 180 valence electrons. The fourth-order valence-corrected chi connectivity index (χ4v) is 5.65. The minimum Gasteiger partial charge on any atom is -0.485 e. The summed E-state index contributed by atoms with van der Waals surface area (Å²) in [6.07, 6.45) is 4.59. The highest BCUT2D eigenvalue weighted by Crippen LogP contribution is 2.33. The normalized spacial score (nSPS) is 18.2.